The third-order valence-electron chi connectivity index (χ3n) is 2.59. The molecule has 0 saturated heterocycles. The number of anilines is 2. The molecular weight excluding hydrogens is 242 g/mol. The zero-order valence-corrected chi connectivity index (χ0v) is 9.62. The van der Waals surface area contributed by atoms with Crippen LogP contribution in [0.5, 0.6) is 0 Å². The fourth-order valence-electron chi connectivity index (χ4n) is 1.73. The predicted octanol–water partition coefficient (Wildman–Crippen LogP) is 1.05. The molecule has 0 amide bonds. The van der Waals surface area contributed by atoms with Crippen LogP contribution in [0.25, 0.3) is 22.3 Å². The molecule has 3 aromatic rings. The van der Waals surface area contributed by atoms with Crippen LogP contribution in [-0.2, 0) is 6.98 Å². The van der Waals surface area contributed by atoms with Crippen LogP contribution in [0.2, 0.25) is 0 Å². The molecule has 7 nitrogen and oxygen atoms in total. The van der Waals surface area contributed by atoms with E-state index in [0.717, 1.165) is 4.68 Å². The summed E-state index contributed by atoms with van der Waals surface area (Å²) in [6.45, 7) is -4.93. The molecule has 2 heterocycles. The van der Waals surface area contributed by atoms with Gasteiger partial charge in [-0.25, -0.2) is 0 Å². The maximum Gasteiger partial charge on any atom is 0.227 e. The maximum absolute atomic E-state index is 7.51. The number of nitrogens with two attached hydrogens (primary N) is 1. The van der Waals surface area contributed by atoms with Gasteiger partial charge in [-0.3, -0.25) is 4.68 Å². The van der Waals surface area contributed by atoms with Gasteiger partial charge in [0.25, 0.3) is 0 Å². The Morgan fingerprint density at radius 2 is 2.26 bits per heavy atom. The number of fused-ring (bicyclic) bond motifs is 1. The summed E-state index contributed by atoms with van der Waals surface area (Å²) >= 11 is 0. The summed E-state index contributed by atoms with van der Waals surface area (Å²) in [7, 11) is 0. The Kier molecular flexibility index (Phi) is 1.43. The van der Waals surface area contributed by atoms with E-state index >= 15 is 0 Å². The standard InChI is InChI=1S/C12H13N7/c1-14-12-17-10(16-11(13)18-12)7-3-4-8-6-15-19(2)9(8)5-7/h3-6H,1-2H3,(H3,13,14,16,17,18)/i1D3,2D3. The first-order chi connectivity index (χ1) is 11.5. The molecular formula is C12H13N7. The van der Waals surface area contributed by atoms with Gasteiger partial charge < -0.3 is 11.1 Å². The summed E-state index contributed by atoms with van der Waals surface area (Å²) in [5.74, 6) is -0.257. The number of nitrogens with zero attached hydrogens (tertiary/aromatic N) is 5. The molecule has 19 heavy (non-hydrogen) atoms. The van der Waals surface area contributed by atoms with Crippen LogP contribution in [0.4, 0.5) is 11.9 Å². The SMILES string of the molecule is [2H]C([2H])([2H])Nc1nc(N)nc(-c2ccc3cnn(C([2H])([2H])[2H])c3c2)n1. The van der Waals surface area contributed by atoms with Crippen molar-refractivity contribution < 1.29 is 8.22 Å². The molecule has 3 N–H and O–H groups in total. The van der Waals surface area contributed by atoms with Crippen molar-refractivity contribution >= 4 is 22.8 Å². The molecule has 0 saturated carbocycles. The van der Waals surface area contributed by atoms with Gasteiger partial charge in [-0.05, 0) is 6.07 Å². The zero-order valence-electron chi connectivity index (χ0n) is 15.6. The molecule has 3 rings (SSSR count). The van der Waals surface area contributed by atoms with Crippen LogP contribution in [0.15, 0.2) is 24.4 Å². The third-order valence-corrected chi connectivity index (χ3v) is 2.59. The first-order valence-corrected chi connectivity index (χ1v) is 5.31. The minimum atomic E-state index is -2.49. The number of nitrogen functional groups attached to an aromatic ring is 1. The first kappa shape index (κ1) is 6.46. The van der Waals surface area contributed by atoms with Crippen LogP contribution < -0.4 is 11.1 Å². The Hall–Kier alpha value is -2.70. The lowest BCUT2D eigenvalue weighted by Crippen LogP contribution is -2.04. The van der Waals surface area contributed by atoms with Crippen LogP contribution in [0.1, 0.15) is 8.22 Å². The smallest absolute Gasteiger partial charge is 0.227 e. The Morgan fingerprint density at radius 1 is 1.32 bits per heavy atom. The van der Waals surface area contributed by atoms with Gasteiger partial charge in [0.1, 0.15) is 0 Å². The number of nitrogens with one attached hydrogen (secondary N) is 1. The van der Waals surface area contributed by atoms with Crippen LogP contribution in [-0.4, -0.2) is 31.7 Å². The van der Waals surface area contributed by atoms with Gasteiger partial charge in [0, 0.05) is 33.1 Å². The molecule has 0 aliphatic carbocycles. The highest BCUT2D eigenvalue weighted by Crippen LogP contribution is 2.22. The molecule has 0 bridgehead atoms. The Morgan fingerprint density at radius 3 is 3.11 bits per heavy atom. The van der Waals surface area contributed by atoms with Crippen LogP contribution in [0, 0.1) is 0 Å². The summed E-state index contributed by atoms with van der Waals surface area (Å²) in [4.78, 5) is 11.7. The van der Waals surface area contributed by atoms with E-state index < -0.39 is 14.0 Å². The lowest BCUT2D eigenvalue weighted by molar-refractivity contribution is 0.797. The van der Waals surface area contributed by atoms with Crippen LogP contribution in [0.3, 0.4) is 0 Å². The molecule has 0 spiro atoms. The highest BCUT2D eigenvalue weighted by atomic mass is 15.2. The van der Waals surface area contributed by atoms with Gasteiger partial charge in [0.15, 0.2) is 5.82 Å². The summed E-state index contributed by atoms with van der Waals surface area (Å²) in [6, 6.07) is 4.86. The molecule has 0 aliphatic rings. The lowest BCUT2D eigenvalue weighted by atomic mass is 10.1. The topological polar surface area (TPSA) is 94.5 Å². The van der Waals surface area contributed by atoms with Crippen LogP contribution >= 0.6 is 0 Å². The number of rotatable bonds is 2. The number of hydrogen-bond acceptors (Lipinski definition) is 6. The number of benzene rings is 1. The first-order valence-electron chi connectivity index (χ1n) is 8.31. The van der Waals surface area contributed by atoms with E-state index in [4.69, 9.17) is 14.0 Å². The van der Waals surface area contributed by atoms with Crippen molar-refractivity contribution in [1.82, 2.24) is 24.7 Å². The van der Waals surface area contributed by atoms with Crippen molar-refractivity contribution in [1.29, 1.82) is 0 Å². The van der Waals surface area contributed by atoms with E-state index in [9.17, 15) is 0 Å². The van der Waals surface area contributed by atoms with Gasteiger partial charge in [-0.1, -0.05) is 12.1 Å². The van der Waals surface area contributed by atoms with Gasteiger partial charge >= 0.3 is 0 Å². The predicted molar refractivity (Wildman–Crippen MR) is 73.5 cm³/mol. The molecule has 0 aliphatic heterocycles. The molecule has 1 aromatic carbocycles. The lowest BCUT2D eigenvalue weighted by Gasteiger charge is -2.04. The van der Waals surface area contributed by atoms with Crippen molar-refractivity contribution in [2.75, 3.05) is 18.0 Å². The molecule has 0 unspecified atom stereocenters. The fraction of sp³-hybridized carbons (Fsp3) is 0.167. The maximum atomic E-state index is 7.51. The van der Waals surface area contributed by atoms with Gasteiger partial charge in [0.05, 0.1) is 11.7 Å². The van der Waals surface area contributed by atoms with E-state index in [1.807, 2.05) is 0 Å². The summed E-state index contributed by atoms with van der Waals surface area (Å²) in [5.41, 5.74) is 6.42. The fourth-order valence-corrected chi connectivity index (χ4v) is 1.73. The monoisotopic (exact) mass is 261 g/mol. The van der Waals surface area contributed by atoms with Gasteiger partial charge in [-0.2, -0.15) is 20.1 Å². The second kappa shape index (κ2) is 4.20. The Labute approximate surface area is 117 Å². The summed E-state index contributed by atoms with van der Waals surface area (Å²) in [5, 5.41) is 6.65. The normalized spacial score (nSPS) is 16.8. The van der Waals surface area contributed by atoms with Crippen molar-refractivity contribution in [3.63, 3.8) is 0 Å². The molecule has 96 valence electrons. The number of aryl methyl sites for hydroxylation is 1. The second-order valence-corrected chi connectivity index (χ2v) is 3.80. The quantitative estimate of drug-likeness (QED) is 0.716. The zero-order chi connectivity index (χ0) is 18.4. The molecule has 2 aromatic heterocycles. The van der Waals surface area contributed by atoms with Crippen molar-refractivity contribution in [3.8, 4) is 11.4 Å². The van der Waals surface area contributed by atoms with E-state index in [0.29, 0.717) is 16.5 Å². The number of hydrogen-bond donors (Lipinski definition) is 2. The largest absolute Gasteiger partial charge is 0.368 e. The second-order valence-electron chi connectivity index (χ2n) is 3.80. The summed E-state index contributed by atoms with van der Waals surface area (Å²) in [6.07, 6.45) is 1.44. The van der Waals surface area contributed by atoms with Gasteiger partial charge in [-0.15, -0.1) is 0 Å². The highest BCUT2D eigenvalue weighted by molar-refractivity contribution is 5.83. The molecule has 7 heteroatoms. The molecule has 0 fully saturated rings. The molecule has 0 atom stereocenters. The van der Waals surface area contributed by atoms with E-state index in [1.54, 1.807) is 18.2 Å². The Balaban J connectivity index is 2.10. The van der Waals surface area contributed by atoms with E-state index in [2.05, 4.69) is 25.4 Å². The summed E-state index contributed by atoms with van der Waals surface area (Å²) < 4.78 is 45.1. The third kappa shape index (κ3) is 1.95. The number of aromatic nitrogens is 5. The van der Waals surface area contributed by atoms with Crippen molar-refractivity contribution in [2.45, 2.75) is 0 Å². The minimum Gasteiger partial charge on any atom is -0.368 e. The average molecular weight is 261 g/mol. The van der Waals surface area contributed by atoms with Crippen molar-refractivity contribution in [3.05, 3.63) is 24.4 Å². The van der Waals surface area contributed by atoms with E-state index in [-0.39, 0.29) is 17.7 Å². The van der Waals surface area contributed by atoms with E-state index in [1.165, 1.54) is 6.20 Å². The minimum absolute atomic E-state index is 0.111. The Bertz CT molecular complexity index is 930. The van der Waals surface area contributed by atoms with Gasteiger partial charge in [0.2, 0.25) is 11.9 Å². The van der Waals surface area contributed by atoms with Crippen molar-refractivity contribution in [2.24, 2.45) is 6.98 Å². The molecule has 0 radical (unpaired) electrons. The average Bonchev–Trinajstić information content (AvgIpc) is 2.87. The highest BCUT2D eigenvalue weighted by Gasteiger charge is 2.08.